The van der Waals surface area contributed by atoms with E-state index in [9.17, 15) is 19.2 Å². The van der Waals surface area contributed by atoms with Gasteiger partial charge in [-0.05, 0) is 131 Å². The van der Waals surface area contributed by atoms with E-state index in [0.29, 0.717) is 30.1 Å². The van der Waals surface area contributed by atoms with Gasteiger partial charge in [0.05, 0.1) is 13.0 Å². The number of rotatable bonds is 9. The summed E-state index contributed by atoms with van der Waals surface area (Å²) in [5, 5.41) is 2.84. The van der Waals surface area contributed by atoms with Gasteiger partial charge >= 0.3 is 5.97 Å². The largest absolute Gasteiger partial charge is 0.462 e. The van der Waals surface area contributed by atoms with Crippen LogP contribution in [0.4, 0.5) is 0 Å². The van der Waals surface area contributed by atoms with Crippen LogP contribution in [0.25, 0.3) is 0 Å². The average molecular weight is 640 g/mol. The summed E-state index contributed by atoms with van der Waals surface area (Å²) in [6, 6.07) is 0. The number of Topliss-reactive ketones (excluding diaryl/α,β-unsaturated/α-hetero) is 1. The molecular formula is C39H61NO6. The van der Waals surface area contributed by atoms with E-state index in [1.54, 1.807) is 13.8 Å². The normalized spacial score (nSPS) is 42.7. The summed E-state index contributed by atoms with van der Waals surface area (Å²) in [5.41, 5.74) is 0.172. The molecule has 46 heavy (non-hydrogen) atoms. The van der Waals surface area contributed by atoms with Crippen LogP contribution in [0.2, 0.25) is 0 Å². The first kappa shape index (κ1) is 35.1. The highest BCUT2D eigenvalue weighted by molar-refractivity contribution is 5.90. The summed E-state index contributed by atoms with van der Waals surface area (Å²) in [5.74, 6) is 1.87. The van der Waals surface area contributed by atoms with Gasteiger partial charge < -0.3 is 14.8 Å². The molecule has 1 N–H and O–H groups in total. The maximum Gasteiger partial charge on any atom is 0.310 e. The zero-order chi connectivity index (χ0) is 34.1. The predicted molar refractivity (Wildman–Crippen MR) is 178 cm³/mol. The Labute approximate surface area is 277 Å². The average Bonchev–Trinajstić information content (AvgIpc) is 3.34. The van der Waals surface area contributed by atoms with E-state index in [1.165, 1.54) is 12.5 Å². The van der Waals surface area contributed by atoms with E-state index in [1.807, 2.05) is 0 Å². The molecule has 10 atom stereocenters. The Balaban J connectivity index is 1.41. The first-order valence-electron chi connectivity index (χ1n) is 18.0. The highest BCUT2D eigenvalue weighted by Gasteiger charge is 2.72. The minimum absolute atomic E-state index is 0.0435. The van der Waals surface area contributed by atoms with Crippen LogP contribution < -0.4 is 5.32 Å². The molecule has 258 valence electrons. The lowest BCUT2D eigenvalue weighted by Crippen LogP contribution is -2.67. The molecule has 0 heterocycles. The van der Waals surface area contributed by atoms with Gasteiger partial charge in [0.15, 0.2) is 5.78 Å². The van der Waals surface area contributed by atoms with Gasteiger partial charge in [-0.2, -0.15) is 0 Å². The maximum absolute atomic E-state index is 14.0. The number of carbonyl (C=O) groups is 4. The van der Waals surface area contributed by atoms with Gasteiger partial charge in [0, 0.05) is 17.8 Å². The molecular weight excluding hydrogens is 578 g/mol. The highest BCUT2D eigenvalue weighted by atomic mass is 16.6. The molecule has 7 nitrogen and oxygen atoms in total. The smallest absolute Gasteiger partial charge is 0.310 e. The molecule has 0 spiro atoms. The lowest BCUT2D eigenvalue weighted by atomic mass is 9.32. The molecule has 0 aromatic rings. The van der Waals surface area contributed by atoms with E-state index >= 15 is 0 Å². The molecule has 0 aliphatic heterocycles. The maximum atomic E-state index is 14.0. The topological polar surface area (TPSA) is 98.8 Å². The monoisotopic (exact) mass is 639 g/mol. The molecule has 0 unspecified atom stereocenters. The Kier molecular flexibility index (Phi) is 8.98. The predicted octanol–water partition coefficient (Wildman–Crippen LogP) is 7.60. The molecule has 0 saturated heterocycles. The van der Waals surface area contributed by atoms with Gasteiger partial charge in [0.2, 0.25) is 5.91 Å². The Morgan fingerprint density at radius 1 is 0.870 bits per heavy atom. The minimum atomic E-state index is -0.887. The second-order valence-corrected chi connectivity index (χ2v) is 18.2. The Morgan fingerprint density at radius 3 is 2.20 bits per heavy atom. The molecule has 5 aliphatic rings. The van der Waals surface area contributed by atoms with Crippen molar-refractivity contribution < 1.29 is 28.7 Å². The fourth-order valence-corrected chi connectivity index (χ4v) is 12.9. The summed E-state index contributed by atoms with van der Waals surface area (Å²) in [4.78, 5) is 49.8. The summed E-state index contributed by atoms with van der Waals surface area (Å²) in [6.07, 6.45) is 10.2. The van der Waals surface area contributed by atoms with E-state index in [0.717, 1.165) is 64.2 Å². The fraction of sp³-hybridized carbons (Fsp3) is 0.846. The van der Waals surface area contributed by atoms with Gasteiger partial charge in [-0.3, -0.25) is 19.2 Å². The summed E-state index contributed by atoms with van der Waals surface area (Å²) >= 11 is 0. The highest BCUT2D eigenvalue weighted by Crippen LogP contribution is 2.77. The first-order chi connectivity index (χ1) is 21.3. The summed E-state index contributed by atoms with van der Waals surface area (Å²) in [6.45, 7) is 24.5. The number of fused-ring (bicyclic) bond motifs is 7. The van der Waals surface area contributed by atoms with Crippen molar-refractivity contribution in [3.05, 3.63) is 12.2 Å². The molecule has 0 aromatic heterocycles. The van der Waals surface area contributed by atoms with Crippen molar-refractivity contribution in [1.29, 1.82) is 0 Å². The quantitative estimate of drug-likeness (QED) is 0.158. The molecule has 5 aliphatic carbocycles. The van der Waals surface area contributed by atoms with Crippen LogP contribution in [-0.2, 0) is 28.7 Å². The third-order valence-electron chi connectivity index (χ3n) is 15.3. The van der Waals surface area contributed by atoms with Gasteiger partial charge in [0.1, 0.15) is 11.7 Å². The van der Waals surface area contributed by atoms with Crippen LogP contribution in [0, 0.1) is 56.7 Å². The van der Waals surface area contributed by atoms with Gasteiger partial charge in [0.25, 0.3) is 6.47 Å². The van der Waals surface area contributed by atoms with Crippen molar-refractivity contribution in [3.8, 4) is 0 Å². The van der Waals surface area contributed by atoms with Crippen LogP contribution in [0.1, 0.15) is 133 Å². The van der Waals surface area contributed by atoms with E-state index < -0.39 is 5.60 Å². The second-order valence-electron chi connectivity index (χ2n) is 18.2. The van der Waals surface area contributed by atoms with Gasteiger partial charge in [-0.25, -0.2) is 0 Å². The molecule has 5 saturated carbocycles. The molecule has 5 fully saturated rings. The zero-order valence-electron chi connectivity index (χ0n) is 30.2. The number of carbonyl (C=O) groups excluding carboxylic acids is 4. The van der Waals surface area contributed by atoms with Crippen molar-refractivity contribution in [2.75, 3.05) is 6.54 Å². The third-order valence-corrected chi connectivity index (χ3v) is 15.3. The van der Waals surface area contributed by atoms with Crippen molar-refractivity contribution in [2.45, 2.75) is 145 Å². The zero-order valence-corrected chi connectivity index (χ0v) is 30.2. The van der Waals surface area contributed by atoms with Crippen molar-refractivity contribution in [3.63, 3.8) is 0 Å². The molecule has 7 heteroatoms. The lowest BCUT2D eigenvalue weighted by Gasteiger charge is -2.73. The van der Waals surface area contributed by atoms with Crippen LogP contribution in [-0.4, -0.2) is 42.4 Å². The summed E-state index contributed by atoms with van der Waals surface area (Å²) in [7, 11) is 0. The molecule has 0 radical (unpaired) electrons. The number of hydrogen-bond acceptors (Lipinski definition) is 6. The number of ether oxygens (including phenoxy) is 2. The van der Waals surface area contributed by atoms with E-state index in [2.05, 4.69) is 53.4 Å². The Bertz CT molecular complexity index is 1270. The first-order valence-corrected chi connectivity index (χ1v) is 18.0. The van der Waals surface area contributed by atoms with Crippen LogP contribution >= 0.6 is 0 Å². The van der Waals surface area contributed by atoms with Crippen molar-refractivity contribution >= 4 is 24.1 Å². The number of ketones is 1. The fourth-order valence-electron chi connectivity index (χ4n) is 12.9. The van der Waals surface area contributed by atoms with Crippen LogP contribution in [0.15, 0.2) is 12.2 Å². The number of allylic oxidation sites excluding steroid dienone is 1. The molecule has 5 rings (SSSR count). The minimum Gasteiger partial charge on any atom is -0.462 e. The molecule has 0 aromatic carbocycles. The lowest BCUT2D eigenvalue weighted by molar-refractivity contribution is -0.249. The third kappa shape index (κ3) is 5.29. The van der Waals surface area contributed by atoms with Crippen LogP contribution in [0.5, 0.6) is 0 Å². The van der Waals surface area contributed by atoms with E-state index in [4.69, 9.17) is 9.47 Å². The molecule has 0 bridgehead atoms. The van der Waals surface area contributed by atoms with E-state index in [-0.39, 0.29) is 69.7 Å². The van der Waals surface area contributed by atoms with Crippen LogP contribution in [0.3, 0.4) is 0 Å². The standard InChI is InChI=1S/C39H61NO6/c1-24(2)26-13-18-39(30(43)22-40-25(3)42)20-19-37(9)27(33(26)39)11-12-29-36(8)16-15-31(46-32(44)21-34(4,5)45-23-41)35(6,7)28(36)14-17-38(29,37)10/h23,26-29,31,33H,1,11-22H2,2-10H3,(H,40,42)/t26-,27+,28-,29+,31-,33+,36-,37+,38+,39+/m0/s1. The van der Waals surface area contributed by atoms with Gasteiger partial charge in [-0.1, -0.05) is 46.8 Å². The SMILES string of the molecule is C=C(C)[C@@H]1CC[C@]2(C(=O)CNC(C)=O)CC[C@]3(C)[C@H](CC[C@@H]4[C@@]5(C)CC[C@H](OC(=O)CC(C)(C)OC=O)C(C)(C)[C@@H]5CC[C@]43C)[C@@H]12. The van der Waals surface area contributed by atoms with Crippen molar-refractivity contribution in [2.24, 2.45) is 56.7 Å². The number of nitrogens with one attached hydrogen (secondary N) is 1. The number of esters is 1. The van der Waals surface area contributed by atoms with Crippen molar-refractivity contribution in [1.82, 2.24) is 5.32 Å². The van der Waals surface area contributed by atoms with Gasteiger partial charge in [-0.15, -0.1) is 0 Å². The second kappa shape index (κ2) is 11.8. The Morgan fingerprint density at radius 2 is 1.57 bits per heavy atom. The number of amides is 1. The Hall–Kier alpha value is -2.18. The number of hydrogen-bond donors (Lipinski definition) is 1. The summed E-state index contributed by atoms with van der Waals surface area (Å²) < 4.78 is 11.3. The molecule has 1 amide bonds.